The lowest BCUT2D eigenvalue weighted by molar-refractivity contribution is 0.385. The molecule has 11 heavy (non-hydrogen) atoms. The lowest BCUT2D eigenvalue weighted by Crippen LogP contribution is -2.27. The molecule has 0 fully saturated rings. The van der Waals surface area contributed by atoms with E-state index in [4.69, 9.17) is 0 Å². The number of allylic oxidation sites excluding steroid dienone is 3. The molecule has 0 radical (unpaired) electrons. The third kappa shape index (κ3) is 3.05. The number of hydrogen-bond acceptors (Lipinski definition) is 2. The van der Waals surface area contributed by atoms with Crippen LogP contribution in [0.2, 0.25) is 0 Å². The molecule has 0 amide bonds. The van der Waals surface area contributed by atoms with Gasteiger partial charge in [-0.2, -0.15) is 0 Å². The Morgan fingerprint density at radius 1 is 1.45 bits per heavy atom. The molecule has 0 atom stereocenters. The summed E-state index contributed by atoms with van der Waals surface area (Å²) < 4.78 is 0. The lowest BCUT2D eigenvalue weighted by atomic mass is 10.4. The Hall–Kier alpha value is -1.02. The molecule has 1 N–H and O–H groups in total. The summed E-state index contributed by atoms with van der Waals surface area (Å²) in [5.74, 6) is 0. The van der Waals surface area contributed by atoms with Crippen molar-refractivity contribution >= 4 is 0 Å². The molecule has 0 aliphatic rings. The van der Waals surface area contributed by atoms with Crippen molar-refractivity contribution in [3.63, 3.8) is 0 Å². The standard InChI is InChI=1S/C9H16N2/c1-5-8-11(10-4)9(6-2)7-3/h5-8,10H,2H2,1,3-4H3/b8-5-,9-7-. The van der Waals surface area contributed by atoms with Crippen LogP contribution in [0, 0.1) is 0 Å². The smallest absolute Gasteiger partial charge is 0.0521 e. The highest BCUT2D eigenvalue weighted by Gasteiger charge is 1.95. The fourth-order valence-corrected chi connectivity index (χ4v) is 0.794. The Balaban J connectivity index is 4.34. The predicted molar refractivity (Wildman–Crippen MR) is 49.7 cm³/mol. The quantitative estimate of drug-likeness (QED) is 0.490. The fraction of sp³-hybridized carbons (Fsp3) is 0.333. The fourth-order valence-electron chi connectivity index (χ4n) is 0.794. The Labute approximate surface area is 68.9 Å². The van der Waals surface area contributed by atoms with Crippen molar-refractivity contribution in [3.05, 3.63) is 36.7 Å². The third-order valence-corrected chi connectivity index (χ3v) is 1.32. The highest BCUT2D eigenvalue weighted by Crippen LogP contribution is 2.01. The molecule has 0 aliphatic heterocycles. The Morgan fingerprint density at radius 2 is 2.09 bits per heavy atom. The van der Waals surface area contributed by atoms with E-state index in [9.17, 15) is 0 Å². The zero-order chi connectivity index (χ0) is 8.69. The zero-order valence-corrected chi connectivity index (χ0v) is 7.46. The van der Waals surface area contributed by atoms with Gasteiger partial charge in [0.2, 0.25) is 0 Å². The molecule has 2 heteroatoms. The number of nitrogens with one attached hydrogen (secondary N) is 1. The van der Waals surface area contributed by atoms with Crippen molar-refractivity contribution in [2.45, 2.75) is 13.8 Å². The van der Waals surface area contributed by atoms with Crippen LogP contribution >= 0.6 is 0 Å². The normalized spacial score (nSPS) is 12.1. The second kappa shape index (κ2) is 5.74. The molecule has 0 aliphatic carbocycles. The van der Waals surface area contributed by atoms with E-state index in [0.29, 0.717) is 0 Å². The number of nitrogens with zero attached hydrogens (tertiary/aromatic N) is 1. The highest BCUT2D eigenvalue weighted by atomic mass is 15.5. The van der Waals surface area contributed by atoms with Crippen LogP contribution in [0.15, 0.2) is 36.7 Å². The van der Waals surface area contributed by atoms with Crippen molar-refractivity contribution in [3.8, 4) is 0 Å². The van der Waals surface area contributed by atoms with Crippen LogP contribution in [0.3, 0.4) is 0 Å². The number of hydrazine groups is 1. The Morgan fingerprint density at radius 3 is 2.36 bits per heavy atom. The summed E-state index contributed by atoms with van der Waals surface area (Å²) in [7, 11) is 1.87. The van der Waals surface area contributed by atoms with Gasteiger partial charge in [0.05, 0.1) is 5.70 Å². The van der Waals surface area contributed by atoms with Crippen LogP contribution in [-0.4, -0.2) is 12.1 Å². The van der Waals surface area contributed by atoms with Crippen LogP contribution in [0.4, 0.5) is 0 Å². The average Bonchev–Trinajstić information content (AvgIpc) is 2.05. The molecule has 0 spiro atoms. The molecule has 0 unspecified atom stereocenters. The molecular formula is C9H16N2. The molecule has 0 aromatic carbocycles. The molecule has 0 saturated carbocycles. The van der Waals surface area contributed by atoms with Crippen molar-refractivity contribution in [1.29, 1.82) is 0 Å². The maximum absolute atomic E-state index is 3.70. The first-order valence-corrected chi connectivity index (χ1v) is 3.68. The maximum atomic E-state index is 3.70. The summed E-state index contributed by atoms with van der Waals surface area (Å²) in [6.45, 7) is 7.65. The van der Waals surface area contributed by atoms with Gasteiger partial charge in [-0.1, -0.05) is 18.7 Å². The molecular weight excluding hydrogens is 136 g/mol. The van der Waals surface area contributed by atoms with Crippen LogP contribution in [-0.2, 0) is 0 Å². The van der Waals surface area contributed by atoms with Gasteiger partial charge in [-0.15, -0.1) is 0 Å². The van der Waals surface area contributed by atoms with E-state index in [1.807, 2.05) is 44.3 Å². The second-order valence-corrected chi connectivity index (χ2v) is 1.99. The molecule has 0 saturated heterocycles. The largest absolute Gasteiger partial charge is 0.285 e. The lowest BCUT2D eigenvalue weighted by Gasteiger charge is -2.19. The van der Waals surface area contributed by atoms with Crippen LogP contribution < -0.4 is 5.43 Å². The third-order valence-electron chi connectivity index (χ3n) is 1.32. The second-order valence-electron chi connectivity index (χ2n) is 1.99. The summed E-state index contributed by atoms with van der Waals surface area (Å²) in [5, 5.41) is 1.90. The van der Waals surface area contributed by atoms with Gasteiger partial charge in [0.1, 0.15) is 0 Å². The minimum absolute atomic E-state index is 1.05. The topological polar surface area (TPSA) is 15.3 Å². The van der Waals surface area contributed by atoms with E-state index in [-0.39, 0.29) is 0 Å². The Kier molecular flexibility index (Phi) is 5.21. The first-order valence-electron chi connectivity index (χ1n) is 3.68. The number of rotatable bonds is 4. The molecule has 0 heterocycles. The van der Waals surface area contributed by atoms with Crippen LogP contribution in [0.1, 0.15) is 13.8 Å². The summed E-state index contributed by atoms with van der Waals surface area (Å²) >= 11 is 0. The van der Waals surface area contributed by atoms with Gasteiger partial charge in [0.25, 0.3) is 0 Å². The van der Waals surface area contributed by atoms with E-state index in [0.717, 1.165) is 5.70 Å². The van der Waals surface area contributed by atoms with Crippen LogP contribution in [0.5, 0.6) is 0 Å². The molecule has 0 rings (SSSR count). The van der Waals surface area contributed by atoms with Gasteiger partial charge in [-0.05, 0) is 19.9 Å². The van der Waals surface area contributed by atoms with Crippen molar-refractivity contribution < 1.29 is 0 Å². The molecule has 0 aromatic heterocycles. The predicted octanol–water partition coefficient (Wildman–Crippen LogP) is 2.05. The van der Waals surface area contributed by atoms with Gasteiger partial charge < -0.3 is 0 Å². The van der Waals surface area contributed by atoms with E-state index in [1.165, 1.54) is 0 Å². The molecule has 2 nitrogen and oxygen atoms in total. The zero-order valence-electron chi connectivity index (χ0n) is 7.46. The first-order chi connectivity index (χ1) is 5.29. The molecule has 0 bridgehead atoms. The average molecular weight is 152 g/mol. The minimum Gasteiger partial charge on any atom is -0.285 e. The maximum Gasteiger partial charge on any atom is 0.0521 e. The monoisotopic (exact) mass is 152 g/mol. The van der Waals surface area contributed by atoms with Gasteiger partial charge in [0.15, 0.2) is 0 Å². The Bertz CT molecular complexity index is 168. The van der Waals surface area contributed by atoms with Gasteiger partial charge in [0, 0.05) is 13.2 Å². The van der Waals surface area contributed by atoms with Crippen molar-refractivity contribution in [2.24, 2.45) is 0 Å². The van der Waals surface area contributed by atoms with Crippen molar-refractivity contribution in [1.82, 2.24) is 10.4 Å². The number of hydrogen-bond donors (Lipinski definition) is 1. The SMILES string of the molecule is C=C/C(=C/C)N(/C=C\C)NC. The van der Waals surface area contributed by atoms with Gasteiger partial charge >= 0.3 is 0 Å². The first kappa shape index (κ1) is 9.98. The van der Waals surface area contributed by atoms with E-state index < -0.39 is 0 Å². The van der Waals surface area contributed by atoms with Gasteiger partial charge in [-0.3, -0.25) is 5.01 Å². The molecule has 62 valence electrons. The van der Waals surface area contributed by atoms with E-state index in [2.05, 4.69) is 12.0 Å². The minimum atomic E-state index is 1.05. The van der Waals surface area contributed by atoms with Crippen LogP contribution in [0.25, 0.3) is 0 Å². The van der Waals surface area contributed by atoms with E-state index >= 15 is 0 Å². The summed E-state index contributed by atoms with van der Waals surface area (Å²) in [6, 6.07) is 0. The van der Waals surface area contributed by atoms with E-state index in [1.54, 1.807) is 6.08 Å². The van der Waals surface area contributed by atoms with Crippen molar-refractivity contribution in [2.75, 3.05) is 7.05 Å². The van der Waals surface area contributed by atoms with Gasteiger partial charge in [-0.25, -0.2) is 5.43 Å². The summed E-state index contributed by atoms with van der Waals surface area (Å²) in [5.41, 5.74) is 4.06. The highest BCUT2D eigenvalue weighted by molar-refractivity contribution is 5.15. The summed E-state index contributed by atoms with van der Waals surface area (Å²) in [6.07, 6.45) is 7.69. The molecule has 0 aromatic rings. The summed E-state index contributed by atoms with van der Waals surface area (Å²) in [4.78, 5) is 0.